The topological polar surface area (TPSA) is 74.7 Å². The Kier molecular flexibility index (Phi) is 4.72. The Balaban J connectivity index is 2.09. The van der Waals surface area contributed by atoms with Crippen molar-refractivity contribution in [2.75, 3.05) is 18.6 Å². The van der Waals surface area contributed by atoms with E-state index >= 15 is 0 Å². The fourth-order valence-corrected chi connectivity index (χ4v) is 4.91. The molecule has 20 heavy (non-hydrogen) atoms. The standard InChI is InChI=1S/C13H17NO4S2/c1-14(12-6-7-19-8-12)20(17,18)9-10-2-4-11(5-3-10)13(15)16/h2-5,12H,6-9H2,1H3,(H,15,16). The van der Waals surface area contributed by atoms with Crippen molar-refractivity contribution < 1.29 is 18.3 Å². The Hall–Kier alpha value is -1.05. The number of hydrogen-bond acceptors (Lipinski definition) is 4. The number of thioether (sulfide) groups is 1. The number of sulfonamides is 1. The van der Waals surface area contributed by atoms with Crippen molar-refractivity contribution >= 4 is 27.8 Å². The van der Waals surface area contributed by atoms with Crippen molar-refractivity contribution in [2.24, 2.45) is 0 Å². The summed E-state index contributed by atoms with van der Waals surface area (Å²) in [5.74, 6) is 0.732. The Morgan fingerprint density at radius 3 is 2.55 bits per heavy atom. The van der Waals surface area contributed by atoms with E-state index in [4.69, 9.17) is 5.11 Å². The lowest BCUT2D eigenvalue weighted by Crippen LogP contribution is -2.37. The van der Waals surface area contributed by atoms with Gasteiger partial charge in [0.25, 0.3) is 0 Å². The fraction of sp³-hybridized carbons (Fsp3) is 0.462. The molecule has 0 bridgehead atoms. The summed E-state index contributed by atoms with van der Waals surface area (Å²) in [5.41, 5.74) is 0.763. The van der Waals surface area contributed by atoms with Gasteiger partial charge in [-0.1, -0.05) is 12.1 Å². The van der Waals surface area contributed by atoms with Gasteiger partial charge in [-0.25, -0.2) is 17.5 Å². The van der Waals surface area contributed by atoms with Gasteiger partial charge in [0, 0.05) is 18.8 Å². The molecule has 1 atom stereocenters. The van der Waals surface area contributed by atoms with E-state index in [1.54, 1.807) is 30.9 Å². The molecule has 1 unspecified atom stereocenters. The number of nitrogens with zero attached hydrogens (tertiary/aromatic N) is 1. The maximum absolute atomic E-state index is 12.3. The third-order valence-corrected chi connectivity index (χ3v) is 6.43. The molecule has 1 aromatic rings. The minimum atomic E-state index is -3.36. The SMILES string of the molecule is CN(C1CCSC1)S(=O)(=O)Cc1ccc(C(=O)O)cc1. The van der Waals surface area contributed by atoms with Crippen LogP contribution in [0.2, 0.25) is 0 Å². The predicted octanol–water partition coefficient (Wildman–Crippen LogP) is 1.65. The van der Waals surface area contributed by atoms with Gasteiger partial charge < -0.3 is 5.11 Å². The van der Waals surface area contributed by atoms with Gasteiger partial charge in [0.15, 0.2) is 0 Å². The predicted molar refractivity (Wildman–Crippen MR) is 79.5 cm³/mol. The van der Waals surface area contributed by atoms with Crippen molar-refractivity contribution in [3.8, 4) is 0 Å². The molecule has 0 spiro atoms. The van der Waals surface area contributed by atoms with E-state index in [1.165, 1.54) is 16.4 Å². The number of carboxylic acid groups (broad SMARTS) is 1. The molecule has 0 radical (unpaired) electrons. The van der Waals surface area contributed by atoms with Gasteiger partial charge in [0.2, 0.25) is 10.0 Å². The first kappa shape index (κ1) is 15.3. The van der Waals surface area contributed by atoms with Gasteiger partial charge in [0.1, 0.15) is 0 Å². The molecule has 0 amide bonds. The molecule has 2 rings (SSSR count). The Bertz CT molecular complexity index is 577. The van der Waals surface area contributed by atoms with E-state index in [0.29, 0.717) is 5.56 Å². The monoisotopic (exact) mass is 315 g/mol. The second-order valence-electron chi connectivity index (χ2n) is 4.79. The van der Waals surface area contributed by atoms with Crippen molar-refractivity contribution in [1.82, 2.24) is 4.31 Å². The molecule has 7 heteroatoms. The quantitative estimate of drug-likeness (QED) is 0.894. The van der Waals surface area contributed by atoms with Crippen LogP contribution in [0, 0.1) is 0 Å². The van der Waals surface area contributed by atoms with E-state index in [2.05, 4.69) is 0 Å². The van der Waals surface area contributed by atoms with Crippen LogP contribution in [-0.2, 0) is 15.8 Å². The summed E-state index contributed by atoms with van der Waals surface area (Å²) in [4.78, 5) is 10.8. The third kappa shape index (κ3) is 3.53. The van der Waals surface area contributed by atoms with E-state index in [9.17, 15) is 13.2 Å². The molecule has 0 aromatic heterocycles. The summed E-state index contributed by atoms with van der Waals surface area (Å²) < 4.78 is 26.1. The molecule has 1 N–H and O–H groups in total. The highest BCUT2D eigenvalue weighted by atomic mass is 32.2. The largest absolute Gasteiger partial charge is 0.478 e. The molecule has 1 aliphatic heterocycles. The lowest BCUT2D eigenvalue weighted by atomic mass is 10.1. The zero-order valence-corrected chi connectivity index (χ0v) is 12.8. The summed E-state index contributed by atoms with van der Waals surface area (Å²) >= 11 is 1.77. The summed E-state index contributed by atoms with van der Waals surface area (Å²) in [6.45, 7) is 0. The molecule has 5 nitrogen and oxygen atoms in total. The third-order valence-electron chi connectivity index (χ3n) is 3.41. The summed E-state index contributed by atoms with van der Waals surface area (Å²) in [5, 5.41) is 8.81. The van der Waals surface area contributed by atoms with Crippen molar-refractivity contribution in [2.45, 2.75) is 18.2 Å². The first-order valence-corrected chi connectivity index (χ1v) is 9.02. The van der Waals surface area contributed by atoms with Gasteiger partial charge in [-0.2, -0.15) is 11.8 Å². The van der Waals surface area contributed by atoms with Crippen LogP contribution in [0.3, 0.4) is 0 Å². The van der Waals surface area contributed by atoms with Gasteiger partial charge in [-0.15, -0.1) is 0 Å². The van der Waals surface area contributed by atoms with E-state index in [1.807, 2.05) is 0 Å². The molecule has 0 saturated carbocycles. The minimum Gasteiger partial charge on any atom is -0.478 e. The van der Waals surface area contributed by atoms with Crippen molar-refractivity contribution in [3.63, 3.8) is 0 Å². The molecule has 0 aliphatic carbocycles. The van der Waals surface area contributed by atoms with E-state index in [-0.39, 0.29) is 17.4 Å². The summed E-state index contributed by atoms with van der Waals surface area (Å²) in [6, 6.07) is 6.04. The Labute approximate surface area is 123 Å². The van der Waals surface area contributed by atoms with E-state index < -0.39 is 16.0 Å². The number of carboxylic acids is 1. The second kappa shape index (κ2) is 6.15. The van der Waals surface area contributed by atoms with E-state index in [0.717, 1.165) is 17.9 Å². The van der Waals surface area contributed by atoms with Gasteiger partial charge in [-0.3, -0.25) is 0 Å². The zero-order chi connectivity index (χ0) is 14.8. The molecular formula is C13H17NO4S2. The van der Waals surface area contributed by atoms with Crippen LogP contribution in [0.15, 0.2) is 24.3 Å². The van der Waals surface area contributed by atoms with Crippen LogP contribution in [0.5, 0.6) is 0 Å². The number of carbonyl (C=O) groups is 1. The summed E-state index contributed by atoms with van der Waals surface area (Å²) in [6.07, 6.45) is 0.887. The smallest absolute Gasteiger partial charge is 0.335 e. The highest BCUT2D eigenvalue weighted by Crippen LogP contribution is 2.24. The molecule has 1 fully saturated rings. The van der Waals surface area contributed by atoms with Gasteiger partial charge in [-0.05, 0) is 29.9 Å². The van der Waals surface area contributed by atoms with Crippen molar-refractivity contribution in [1.29, 1.82) is 0 Å². The van der Waals surface area contributed by atoms with Crippen LogP contribution in [-0.4, -0.2) is 48.4 Å². The molecule has 1 aromatic carbocycles. The minimum absolute atomic E-state index is 0.0725. The highest BCUT2D eigenvalue weighted by molar-refractivity contribution is 7.99. The molecular weight excluding hydrogens is 298 g/mol. The average molecular weight is 315 g/mol. The lowest BCUT2D eigenvalue weighted by molar-refractivity contribution is 0.0697. The molecule has 1 aliphatic rings. The number of rotatable bonds is 5. The zero-order valence-electron chi connectivity index (χ0n) is 11.2. The maximum Gasteiger partial charge on any atom is 0.335 e. The fourth-order valence-electron chi connectivity index (χ4n) is 2.09. The van der Waals surface area contributed by atoms with Crippen LogP contribution >= 0.6 is 11.8 Å². The second-order valence-corrected chi connectivity index (χ2v) is 7.97. The van der Waals surface area contributed by atoms with Crippen LogP contribution in [0.25, 0.3) is 0 Å². The highest BCUT2D eigenvalue weighted by Gasteiger charge is 2.29. The van der Waals surface area contributed by atoms with Crippen molar-refractivity contribution in [3.05, 3.63) is 35.4 Å². The molecule has 1 heterocycles. The van der Waals surface area contributed by atoms with Crippen LogP contribution in [0.1, 0.15) is 22.3 Å². The van der Waals surface area contributed by atoms with Gasteiger partial charge >= 0.3 is 5.97 Å². The van der Waals surface area contributed by atoms with Gasteiger partial charge in [0.05, 0.1) is 11.3 Å². The first-order valence-electron chi connectivity index (χ1n) is 6.26. The van der Waals surface area contributed by atoms with Crippen LogP contribution < -0.4 is 0 Å². The number of benzene rings is 1. The lowest BCUT2D eigenvalue weighted by Gasteiger charge is -2.23. The normalized spacial score (nSPS) is 19.4. The number of hydrogen-bond donors (Lipinski definition) is 1. The maximum atomic E-state index is 12.3. The average Bonchev–Trinajstić information content (AvgIpc) is 2.91. The van der Waals surface area contributed by atoms with Crippen LogP contribution in [0.4, 0.5) is 0 Å². The molecule has 110 valence electrons. The Morgan fingerprint density at radius 2 is 2.05 bits per heavy atom. The summed E-state index contributed by atoms with van der Waals surface area (Å²) in [7, 11) is -1.73. The number of aromatic carboxylic acids is 1. The molecule has 1 saturated heterocycles. The first-order chi connectivity index (χ1) is 9.40. The Morgan fingerprint density at radius 1 is 1.40 bits per heavy atom.